The van der Waals surface area contributed by atoms with Gasteiger partial charge in [-0.05, 0) is 50.5 Å². The zero-order valence-corrected chi connectivity index (χ0v) is 15.7. The van der Waals surface area contributed by atoms with Crippen molar-refractivity contribution in [3.8, 4) is 5.75 Å². The lowest BCUT2D eigenvalue weighted by molar-refractivity contribution is -0.169. The van der Waals surface area contributed by atoms with Crippen molar-refractivity contribution in [3.63, 3.8) is 0 Å². The zero-order chi connectivity index (χ0) is 19.4. The predicted molar refractivity (Wildman–Crippen MR) is 98.7 cm³/mol. The maximum Gasteiger partial charge on any atom is 0.317 e. The van der Waals surface area contributed by atoms with Crippen LogP contribution in [0.15, 0.2) is 36.5 Å². The molecule has 6 nitrogen and oxygen atoms in total. The van der Waals surface area contributed by atoms with Crippen LogP contribution < -0.4 is 10.1 Å². The minimum atomic E-state index is -0.931. The van der Waals surface area contributed by atoms with E-state index in [-0.39, 0.29) is 11.8 Å². The van der Waals surface area contributed by atoms with E-state index in [0.717, 1.165) is 10.9 Å². The number of nitrogens with one attached hydrogen (secondary N) is 1. The predicted octanol–water partition coefficient (Wildman–Crippen LogP) is 3.00. The molecule has 3 atom stereocenters. The Bertz CT molecular complexity index is 952. The van der Waals surface area contributed by atoms with Crippen molar-refractivity contribution in [1.82, 2.24) is 10.3 Å². The number of esters is 1. The summed E-state index contributed by atoms with van der Waals surface area (Å²) < 4.78 is 5.77. The van der Waals surface area contributed by atoms with Gasteiger partial charge in [0.2, 0.25) is 11.8 Å². The molecule has 2 amide bonds. The molecule has 1 aliphatic carbocycles. The Kier molecular flexibility index (Phi) is 3.67. The molecule has 0 spiro atoms. The second-order valence-electron chi connectivity index (χ2n) is 8.71. The number of hydrogen-bond acceptors (Lipinski definition) is 5. The van der Waals surface area contributed by atoms with E-state index in [1.54, 1.807) is 31.3 Å². The number of carbonyl (C=O) groups is 3. The molecule has 1 saturated heterocycles. The van der Waals surface area contributed by atoms with Crippen LogP contribution in [0.3, 0.4) is 0 Å². The van der Waals surface area contributed by atoms with E-state index in [2.05, 4.69) is 10.3 Å². The highest BCUT2D eigenvalue weighted by molar-refractivity contribution is 6.04. The summed E-state index contributed by atoms with van der Waals surface area (Å²) in [6.45, 7) is 5.43. The molecule has 2 heterocycles. The van der Waals surface area contributed by atoms with E-state index in [1.807, 2.05) is 26.0 Å². The largest absolute Gasteiger partial charge is 0.425 e. The molecule has 27 heavy (non-hydrogen) atoms. The summed E-state index contributed by atoms with van der Waals surface area (Å²) in [7, 11) is 0. The van der Waals surface area contributed by atoms with Gasteiger partial charge >= 0.3 is 5.97 Å². The molecule has 1 aliphatic heterocycles. The van der Waals surface area contributed by atoms with Crippen LogP contribution in [0.1, 0.15) is 40.0 Å². The van der Waals surface area contributed by atoms with Gasteiger partial charge in [-0.2, -0.15) is 0 Å². The molecule has 0 radical (unpaired) electrons. The molecule has 1 saturated carbocycles. The van der Waals surface area contributed by atoms with E-state index in [1.165, 1.54) is 0 Å². The van der Waals surface area contributed by atoms with Crippen molar-refractivity contribution in [3.05, 3.63) is 36.5 Å². The number of aromatic nitrogens is 1. The minimum Gasteiger partial charge on any atom is -0.425 e. The Labute approximate surface area is 157 Å². The highest BCUT2D eigenvalue weighted by atomic mass is 16.5. The topological polar surface area (TPSA) is 85.4 Å². The Balaban J connectivity index is 1.68. The van der Waals surface area contributed by atoms with Gasteiger partial charge in [-0.3, -0.25) is 24.7 Å². The lowest BCUT2D eigenvalue weighted by atomic mass is 9.52. The van der Waals surface area contributed by atoms with Gasteiger partial charge in [-0.1, -0.05) is 19.9 Å². The third kappa shape index (κ3) is 2.71. The molecule has 1 N–H and O–H groups in total. The van der Waals surface area contributed by atoms with Crippen LogP contribution in [0.25, 0.3) is 10.9 Å². The third-order valence-corrected chi connectivity index (χ3v) is 5.97. The quantitative estimate of drug-likeness (QED) is 0.502. The number of carbonyl (C=O) groups excluding carboxylic acids is 3. The van der Waals surface area contributed by atoms with Crippen LogP contribution in [0, 0.1) is 16.2 Å². The van der Waals surface area contributed by atoms with Crippen LogP contribution in [0.2, 0.25) is 0 Å². The van der Waals surface area contributed by atoms with Crippen molar-refractivity contribution in [2.45, 2.75) is 40.0 Å². The van der Waals surface area contributed by atoms with Crippen LogP contribution in [0.5, 0.6) is 5.75 Å². The standard InChI is InChI=1S/C21H22N2O4/c1-19-10-20(2,17(25)23-16(19)24)12-21(3,11-19)18(26)27-15-8-4-7-14-13(15)6-5-9-22-14/h4-9H,10-12H2,1-3H3,(H,23,24,25)/t19-,20+,21?. The maximum absolute atomic E-state index is 13.2. The molecule has 2 aromatic rings. The van der Waals surface area contributed by atoms with Gasteiger partial charge in [-0.15, -0.1) is 0 Å². The molecule has 2 aliphatic rings. The second kappa shape index (κ2) is 5.62. The summed E-state index contributed by atoms with van der Waals surface area (Å²) in [6, 6.07) is 9.01. The summed E-state index contributed by atoms with van der Waals surface area (Å²) in [6.07, 6.45) is 2.82. The fourth-order valence-corrected chi connectivity index (χ4v) is 5.03. The first-order valence-electron chi connectivity index (χ1n) is 9.07. The Morgan fingerprint density at radius 2 is 1.67 bits per heavy atom. The Hall–Kier alpha value is -2.76. The van der Waals surface area contributed by atoms with Gasteiger partial charge in [0, 0.05) is 22.4 Å². The first-order valence-corrected chi connectivity index (χ1v) is 9.07. The number of hydrogen-bond donors (Lipinski definition) is 1. The number of benzene rings is 1. The summed E-state index contributed by atoms with van der Waals surface area (Å²) in [5.74, 6) is -0.594. The van der Waals surface area contributed by atoms with E-state index in [0.29, 0.717) is 25.0 Å². The van der Waals surface area contributed by atoms with E-state index in [4.69, 9.17) is 4.74 Å². The molecule has 2 fully saturated rings. The van der Waals surface area contributed by atoms with Gasteiger partial charge in [0.05, 0.1) is 10.9 Å². The van der Waals surface area contributed by atoms with Crippen molar-refractivity contribution in [2.75, 3.05) is 0 Å². The summed E-state index contributed by atoms with van der Waals surface area (Å²) in [4.78, 5) is 42.3. The molecule has 1 unspecified atom stereocenters. The van der Waals surface area contributed by atoms with Crippen molar-refractivity contribution in [2.24, 2.45) is 16.2 Å². The average molecular weight is 366 g/mol. The van der Waals surface area contributed by atoms with Gasteiger partial charge in [0.1, 0.15) is 5.75 Å². The van der Waals surface area contributed by atoms with Crippen LogP contribution in [0.4, 0.5) is 0 Å². The highest BCUT2D eigenvalue weighted by Crippen LogP contribution is 2.57. The number of nitrogens with zero attached hydrogens (tertiary/aromatic N) is 1. The SMILES string of the molecule is CC1(C(=O)Oc2cccc3ncccc23)C[C@@]2(C)C[C@@](C)(C1)C(=O)NC2=O. The number of fused-ring (bicyclic) bond motifs is 3. The minimum absolute atomic E-state index is 0.307. The van der Waals surface area contributed by atoms with Gasteiger partial charge in [0.25, 0.3) is 0 Å². The number of rotatable bonds is 2. The normalized spacial score (nSPS) is 32.9. The van der Waals surface area contributed by atoms with Crippen LogP contribution >= 0.6 is 0 Å². The molecule has 140 valence electrons. The molecular formula is C21H22N2O4. The lowest BCUT2D eigenvalue weighted by Crippen LogP contribution is -2.63. The molecule has 2 bridgehead atoms. The van der Waals surface area contributed by atoms with Crippen molar-refractivity contribution < 1.29 is 19.1 Å². The number of imide groups is 1. The monoisotopic (exact) mass is 366 g/mol. The van der Waals surface area contributed by atoms with Gasteiger partial charge in [-0.25, -0.2) is 0 Å². The smallest absolute Gasteiger partial charge is 0.317 e. The van der Waals surface area contributed by atoms with Crippen LogP contribution in [-0.4, -0.2) is 22.8 Å². The van der Waals surface area contributed by atoms with Crippen molar-refractivity contribution in [1.29, 1.82) is 0 Å². The molecule has 1 aromatic heterocycles. The molecular weight excluding hydrogens is 344 g/mol. The highest BCUT2D eigenvalue weighted by Gasteiger charge is 2.61. The second-order valence-corrected chi connectivity index (χ2v) is 8.71. The van der Waals surface area contributed by atoms with E-state index >= 15 is 0 Å². The van der Waals surface area contributed by atoms with Crippen molar-refractivity contribution >= 4 is 28.7 Å². The number of piperidine rings is 1. The van der Waals surface area contributed by atoms with E-state index in [9.17, 15) is 14.4 Å². The summed E-state index contributed by atoms with van der Waals surface area (Å²) >= 11 is 0. The third-order valence-electron chi connectivity index (χ3n) is 5.97. The zero-order valence-electron chi connectivity index (χ0n) is 15.7. The fraction of sp³-hybridized carbons (Fsp3) is 0.429. The van der Waals surface area contributed by atoms with Gasteiger partial charge in [0.15, 0.2) is 0 Å². The Morgan fingerprint density at radius 1 is 1.00 bits per heavy atom. The number of amides is 2. The van der Waals surface area contributed by atoms with E-state index < -0.39 is 22.2 Å². The van der Waals surface area contributed by atoms with Crippen LogP contribution in [-0.2, 0) is 14.4 Å². The summed E-state index contributed by atoms with van der Waals surface area (Å²) in [5, 5.41) is 3.22. The number of pyridine rings is 1. The number of ether oxygens (including phenoxy) is 1. The first-order chi connectivity index (χ1) is 12.7. The lowest BCUT2D eigenvalue weighted by Gasteiger charge is -2.52. The molecule has 6 heteroatoms. The Morgan fingerprint density at radius 3 is 2.33 bits per heavy atom. The van der Waals surface area contributed by atoms with Gasteiger partial charge < -0.3 is 4.74 Å². The first kappa shape index (κ1) is 17.6. The molecule has 4 rings (SSSR count). The summed E-state index contributed by atoms with van der Waals surface area (Å²) in [5.41, 5.74) is -1.73. The average Bonchev–Trinajstić information content (AvgIpc) is 2.60. The maximum atomic E-state index is 13.2. The fourth-order valence-electron chi connectivity index (χ4n) is 5.03. The molecule has 1 aromatic carbocycles.